The molecule has 0 spiro atoms. The number of hydrogen-bond donors (Lipinski definition) is 1. The van der Waals surface area contributed by atoms with Gasteiger partial charge in [0.25, 0.3) is 0 Å². The van der Waals surface area contributed by atoms with E-state index in [1.54, 1.807) is 6.07 Å². The molecule has 2 N–H and O–H groups in total. The third-order valence-corrected chi connectivity index (χ3v) is 4.51. The molecule has 0 saturated heterocycles. The number of allylic oxidation sites excluding steroid dienone is 3. The molecule has 0 amide bonds. The van der Waals surface area contributed by atoms with Crippen LogP contribution in [-0.2, 0) is 9.53 Å². The smallest absolute Gasteiger partial charge is 0.205 e. The van der Waals surface area contributed by atoms with Crippen molar-refractivity contribution in [2.24, 2.45) is 5.73 Å². The SMILES string of the molecule is CCOc1ccc([C@H]2C(C#N)=C(N)OC3=C2C(=O)CCC3)c(OCC)c1. The number of benzene rings is 1. The summed E-state index contributed by atoms with van der Waals surface area (Å²) in [5.41, 5.74) is 7.48. The third kappa shape index (κ3) is 3.13. The highest BCUT2D eigenvalue weighted by molar-refractivity contribution is 5.99. The molecule has 0 unspecified atom stereocenters. The van der Waals surface area contributed by atoms with Crippen molar-refractivity contribution >= 4 is 5.78 Å². The van der Waals surface area contributed by atoms with E-state index >= 15 is 0 Å². The van der Waals surface area contributed by atoms with Crippen LogP contribution in [0.4, 0.5) is 0 Å². The van der Waals surface area contributed by atoms with Crippen LogP contribution in [-0.4, -0.2) is 19.0 Å². The molecule has 0 fully saturated rings. The fourth-order valence-corrected chi connectivity index (χ4v) is 3.46. The Morgan fingerprint density at radius 2 is 2.04 bits per heavy atom. The van der Waals surface area contributed by atoms with E-state index in [4.69, 9.17) is 19.9 Å². The van der Waals surface area contributed by atoms with Gasteiger partial charge in [-0.3, -0.25) is 4.79 Å². The van der Waals surface area contributed by atoms with Crippen molar-refractivity contribution in [3.63, 3.8) is 0 Å². The maximum absolute atomic E-state index is 12.6. The Kier molecular flexibility index (Phi) is 5.17. The normalized spacial score (nSPS) is 19.6. The monoisotopic (exact) mass is 354 g/mol. The summed E-state index contributed by atoms with van der Waals surface area (Å²) in [6.45, 7) is 4.77. The fourth-order valence-electron chi connectivity index (χ4n) is 3.46. The van der Waals surface area contributed by atoms with Gasteiger partial charge < -0.3 is 19.9 Å². The van der Waals surface area contributed by atoms with Crippen LogP contribution in [0.25, 0.3) is 0 Å². The van der Waals surface area contributed by atoms with Crippen LogP contribution in [0, 0.1) is 11.3 Å². The molecule has 1 aliphatic carbocycles. The first kappa shape index (κ1) is 17.9. The molecular formula is C20H22N2O4. The van der Waals surface area contributed by atoms with Crippen molar-refractivity contribution in [1.82, 2.24) is 0 Å². The van der Waals surface area contributed by atoms with Crippen LogP contribution in [0.1, 0.15) is 44.6 Å². The van der Waals surface area contributed by atoms with Gasteiger partial charge in [-0.05, 0) is 26.3 Å². The van der Waals surface area contributed by atoms with Gasteiger partial charge in [-0.1, -0.05) is 6.07 Å². The molecule has 6 heteroatoms. The fraction of sp³-hybridized carbons (Fsp3) is 0.400. The van der Waals surface area contributed by atoms with Crippen LogP contribution in [0.5, 0.6) is 11.5 Å². The van der Waals surface area contributed by atoms with Gasteiger partial charge in [0.15, 0.2) is 5.78 Å². The molecule has 0 aromatic heterocycles. The summed E-state index contributed by atoms with van der Waals surface area (Å²) in [6, 6.07) is 7.56. The third-order valence-electron chi connectivity index (χ3n) is 4.51. The number of carbonyl (C=O) groups is 1. The van der Waals surface area contributed by atoms with Crippen molar-refractivity contribution in [2.45, 2.75) is 39.0 Å². The number of ether oxygens (including phenoxy) is 3. The number of nitrogens with two attached hydrogens (primary N) is 1. The molecule has 1 heterocycles. The standard InChI is InChI=1S/C20H22N2O4/c1-3-24-12-8-9-13(17(10-12)25-4-2)18-14(11-21)20(22)26-16-7-5-6-15(23)19(16)18/h8-10,18H,3-7,22H2,1-2H3/t18-/m0/s1. The van der Waals surface area contributed by atoms with E-state index in [1.807, 2.05) is 26.0 Å². The lowest BCUT2D eigenvalue weighted by atomic mass is 9.77. The zero-order chi connectivity index (χ0) is 18.7. The topological polar surface area (TPSA) is 94.6 Å². The Morgan fingerprint density at radius 3 is 2.73 bits per heavy atom. The quantitative estimate of drug-likeness (QED) is 0.872. The molecule has 6 nitrogen and oxygen atoms in total. The second kappa shape index (κ2) is 7.52. The van der Waals surface area contributed by atoms with Gasteiger partial charge >= 0.3 is 0 Å². The minimum absolute atomic E-state index is 0.00664. The van der Waals surface area contributed by atoms with Crippen LogP contribution >= 0.6 is 0 Å². The number of carbonyl (C=O) groups excluding carboxylic acids is 1. The number of hydrogen-bond acceptors (Lipinski definition) is 6. The van der Waals surface area contributed by atoms with Gasteiger partial charge in [0.2, 0.25) is 5.88 Å². The van der Waals surface area contributed by atoms with Crippen LogP contribution in [0.3, 0.4) is 0 Å². The summed E-state index contributed by atoms with van der Waals surface area (Å²) >= 11 is 0. The van der Waals surface area contributed by atoms with Crippen molar-refractivity contribution in [3.05, 3.63) is 46.6 Å². The number of Topliss-reactive ketones (excluding diaryl/α,β-unsaturated/α-hetero) is 1. The van der Waals surface area contributed by atoms with Crippen LogP contribution in [0.15, 0.2) is 41.0 Å². The second-order valence-corrected chi connectivity index (χ2v) is 6.10. The van der Waals surface area contributed by atoms with Gasteiger partial charge in [-0.15, -0.1) is 0 Å². The van der Waals surface area contributed by atoms with Gasteiger partial charge in [0, 0.05) is 30.0 Å². The molecule has 1 aromatic rings. The molecule has 1 aromatic carbocycles. The van der Waals surface area contributed by atoms with Crippen molar-refractivity contribution in [2.75, 3.05) is 13.2 Å². The number of rotatable bonds is 5. The Bertz CT molecular complexity index is 833. The molecule has 1 atom stereocenters. The largest absolute Gasteiger partial charge is 0.494 e. The lowest BCUT2D eigenvalue weighted by Crippen LogP contribution is -2.27. The predicted molar refractivity (Wildman–Crippen MR) is 95.3 cm³/mol. The minimum Gasteiger partial charge on any atom is -0.494 e. The first-order chi connectivity index (χ1) is 12.6. The second-order valence-electron chi connectivity index (χ2n) is 6.10. The van der Waals surface area contributed by atoms with E-state index in [9.17, 15) is 10.1 Å². The van der Waals surface area contributed by atoms with E-state index in [1.165, 1.54) is 0 Å². The lowest BCUT2D eigenvalue weighted by Gasteiger charge is -2.31. The van der Waals surface area contributed by atoms with E-state index in [0.717, 1.165) is 12.0 Å². The first-order valence-electron chi connectivity index (χ1n) is 8.84. The Morgan fingerprint density at radius 1 is 1.27 bits per heavy atom. The molecule has 1 aliphatic heterocycles. The highest BCUT2D eigenvalue weighted by Gasteiger charge is 2.39. The van der Waals surface area contributed by atoms with E-state index in [0.29, 0.717) is 48.9 Å². The molecule has 26 heavy (non-hydrogen) atoms. The molecular weight excluding hydrogens is 332 g/mol. The number of nitriles is 1. The summed E-state index contributed by atoms with van der Waals surface area (Å²) in [5, 5.41) is 9.66. The van der Waals surface area contributed by atoms with Crippen molar-refractivity contribution < 1.29 is 19.0 Å². The highest BCUT2D eigenvalue weighted by Crippen LogP contribution is 2.46. The number of ketones is 1. The van der Waals surface area contributed by atoms with E-state index < -0.39 is 5.92 Å². The Balaban J connectivity index is 2.17. The highest BCUT2D eigenvalue weighted by atomic mass is 16.5. The molecule has 0 bridgehead atoms. The summed E-state index contributed by atoms with van der Waals surface area (Å²) in [4.78, 5) is 12.6. The zero-order valence-corrected chi connectivity index (χ0v) is 15.0. The maximum atomic E-state index is 12.6. The molecule has 2 aliphatic rings. The van der Waals surface area contributed by atoms with E-state index in [2.05, 4.69) is 6.07 Å². The van der Waals surface area contributed by atoms with Crippen molar-refractivity contribution in [1.29, 1.82) is 5.26 Å². The summed E-state index contributed by atoms with van der Waals surface area (Å²) in [5.74, 6) is 1.30. The summed E-state index contributed by atoms with van der Waals surface area (Å²) < 4.78 is 17.0. The predicted octanol–water partition coefficient (Wildman–Crippen LogP) is 3.30. The average Bonchev–Trinajstić information content (AvgIpc) is 2.62. The Hall–Kier alpha value is -2.94. The lowest BCUT2D eigenvalue weighted by molar-refractivity contribution is -0.116. The molecule has 0 radical (unpaired) electrons. The van der Waals surface area contributed by atoms with Gasteiger partial charge in [0.1, 0.15) is 28.9 Å². The van der Waals surface area contributed by atoms with Gasteiger partial charge in [-0.2, -0.15) is 5.26 Å². The van der Waals surface area contributed by atoms with E-state index in [-0.39, 0.29) is 17.2 Å². The molecule has 3 rings (SSSR count). The van der Waals surface area contributed by atoms with Crippen LogP contribution < -0.4 is 15.2 Å². The maximum Gasteiger partial charge on any atom is 0.205 e. The molecule has 136 valence electrons. The first-order valence-corrected chi connectivity index (χ1v) is 8.84. The zero-order valence-electron chi connectivity index (χ0n) is 15.0. The van der Waals surface area contributed by atoms with Gasteiger partial charge in [0.05, 0.1) is 19.1 Å². The number of nitrogens with zero attached hydrogens (tertiary/aromatic N) is 1. The van der Waals surface area contributed by atoms with Crippen LogP contribution in [0.2, 0.25) is 0 Å². The summed E-state index contributed by atoms with van der Waals surface area (Å²) in [6.07, 6.45) is 1.80. The van der Waals surface area contributed by atoms with Gasteiger partial charge in [-0.25, -0.2) is 0 Å². The minimum atomic E-state index is -0.575. The van der Waals surface area contributed by atoms with Crippen molar-refractivity contribution in [3.8, 4) is 17.6 Å². The molecule has 0 saturated carbocycles. The Labute approximate surface area is 152 Å². The average molecular weight is 354 g/mol. The summed E-state index contributed by atoms with van der Waals surface area (Å²) in [7, 11) is 0.